The number of ether oxygens (including phenoxy) is 1. The molecule has 0 aliphatic heterocycles. The zero-order chi connectivity index (χ0) is 8.27. The molecule has 1 aromatic carbocycles. The molecule has 0 aliphatic rings. The summed E-state index contributed by atoms with van der Waals surface area (Å²) in [6.45, 7) is 6.80. The minimum atomic E-state index is 0.728. The lowest BCUT2D eigenvalue weighted by Gasteiger charge is -2.08. The molecule has 0 bridgehead atoms. The van der Waals surface area contributed by atoms with Crippen molar-refractivity contribution in [2.75, 3.05) is 6.61 Å². The molecule has 0 atom stereocenters. The third-order valence-corrected chi connectivity index (χ3v) is 1.60. The fourth-order valence-electron chi connectivity index (χ4n) is 1.11. The second kappa shape index (κ2) is 3.42. The molecule has 1 rings (SSSR count). The summed E-state index contributed by atoms with van der Waals surface area (Å²) in [6.07, 6.45) is 0. The maximum absolute atomic E-state index is 5.45. The second-order valence-electron chi connectivity index (χ2n) is 2.58. The Morgan fingerprint density at radius 2 is 1.82 bits per heavy atom. The van der Waals surface area contributed by atoms with Crippen LogP contribution in [-0.4, -0.2) is 6.61 Å². The number of hydrogen-bond donors (Lipinski definition) is 0. The molecule has 11 heavy (non-hydrogen) atoms. The Morgan fingerprint density at radius 1 is 1.27 bits per heavy atom. The van der Waals surface area contributed by atoms with Gasteiger partial charge in [-0.15, -0.1) is 0 Å². The van der Waals surface area contributed by atoms with Crippen LogP contribution in [0.15, 0.2) is 12.1 Å². The van der Waals surface area contributed by atoms with Crippen LogP contribution in [0, 0.1) is 19.9 Å². The lowest BCUT2D eigenvalue weighted by atomic mass is 10.1. The van der Waals surface area contributed by atoms with Crippen LogP contribution >= 0.6 is 0 Å². The first-order valence-electron chi connectivity index (χ1n) is 3.85. The number of aryl methyl sites for hydroxylation is 2. The minimum Gasteiger partial charge on any atom is -0.493 e. The van der Waals surface area contributed by atoms with E-state index in [1.165, 1.54) is 0 Å². The highest BCUT2D eigenvalue weighted by Crippen LogP contribution is 2.21. The Kier molecular flexibility index (Phi) is 2.53. The predicted molar refractivity (Wildman–Crippen MR) is 45.9 cm³/mol. The molecule has 0 saturated heterocycles. The zero-order valence-corrected chi connectivity index (χ0v) is 7.27. The van der Waals surface area contributed by atoms with Crippen molar-refractivity contribution in [1.29, 1.82) is 0 Å². The fraction of sp³-hybridized carbons (Fsp3) is 0.400. The van der Waals surface area contributed by atoms with Crippen molar-refractivity contribution in [2.24, 2.45) is 0 Å². The topological polar surface area (TPSA) is 9.23 Å². The Bertz CT molecular complexity index is 220. The average Bonchev–Trinajstić information content (AvgIpc) is 1.97. The van der Waals surface area contributed by atoms with E-state index in [4.69, 9.17) is 4.74 Å². The van der Waals surface area contributed by atoms with E-state index < -0.39 is 0 Å². The molecule has 59 valence electrons. The van der Waals surface area contributed by atoms with E-state index in [0.717, 1.165) is 23.5 Å². The van der Waals surface area contributed by atoms with Crippen molar-refractivity contribution in [2.45, 2.75) is 20.8 Å². The molecule has 0 fully saturated rings. The van der Waals surface area contributed by atoms with Crippen LogP contribution in [0.3, 0.4) is 0 Å². The summed E-state index contributed by atoms with van der Waals surface area (Å²) in [6, 6.07) is 6.93. The summed E-state index contributed by atoms with van der Waals surface area (Å²) in [5, 5.41) is 0. The SMILES string of the molecule is CCOc1c(C)c[c]cc1C. The van der Waals surface area contributed by atoms with Crippen molar-refractivity contribution >= 4 is 0 Å². The van der Waals surface area contributed by atoms with Crippen molar-refractivity contribution in [3.63, 3.8) is 0 Å². The van der Waals surface area contributed by atoms with Crippen LogP contribution in [0.25, 0.3) is 0 Å². The molecule has 1 aromatic rings. The van der Waals surface area contributed by atoms with Gasteiger partial charge in [0.2, 0.25) is 0 Å². The van der Waals surface area contributed by atoms with Gasteiger partial charge >= 0.3 is 0 Å². The van der Waals surface area contributed by atoms with Crippen molar-refractivity contribution in [1.82, 2.24) is 0 Å². The third kappa shape index (κ3) is 1.73. The van der Waals surface area contributed by atoms with Crippen LogP contribution in [0.2, 0.25) is 0 Å². The zero-order valence-electron chi connectivity index (χ0n) is 7.27. The molecule has 0 heterocycles. The summed E-state index contributed by atoms with van der Waals surface area (Å²) < 4.78 is 5.45. The van der Waals surface area contributed by atoms with E-state index in [1.807, 2.05) is 32.9 Å². The predicted octanol–water partition coefficient (Wildman–Crippen LogP) is 2.50. The molecule has 1 radical (unpaired) electrons. The van der Waals surface area contributed by atoms with Gasteiger partial charge in [-0.05, 0) is 50.1 Å². The van der Waals surface area contributed by atoms with Crippen LogP contribution in [0.5, 0.6) is 5.75 Å². The van der Waals surface area contributed by atoms with Gasteiger partial charge in [-0.3, -0.25) is 0 Å². The van der Waals surface area contributed by atoms with E-state index in [9.17, 15) is 0 Å². The molecule has 0 unspecified atom stereocenters. The van der Waals surface area contributed by atoms with Gasteiger partial charge in [0.1, 0.15) is 5.75 Å². The quantitative estimate of drug-likeness (QED) is 0.627. The smallest absolute Gasteiger partial charge is 0.125 e. The highest BCUT2D eigenvalue weighted by molar-refractivity contribution is 5.39. The van der Waals surface area contributed by atoms with Gasteiger partial charge < -0.3 is 4.74 Å². The van der Waals surface area contributed by atoms with Gasteiger partial charge in [0.05, 0.1) is 6.61 Å². The van der Waals surface area contributed by atoms with Gasteiger partial charge in [-0.1, -0.05) is 0 Å². The maximum Gasteiger partial charge on any atom is 0.125 e. The fourth-order valence-corrected chi connectivity index (χ4v) is 1.11. The summed E-state index contributed by atoms with van der Waals surface area (Å²) in [4.78, 5) is 0. The second-order valence-corrected chi connectivity index (χ2v) is 2.58. The third-order valence-electron chi connectivity index (χ3n) is 1.60. The molecule has 0 saturated carbocycles. The van der Waals surface area contributed by atoms with Crippen molar-refractivity contribution in [3.05, 3.63) is 29.3 Å². The Balaban J connectivity index is 3.00. The molecule has 0 spiro atoms. The molecular weight excluding hydrogens is 136 g/mol. The van der Waals surface area contributed by atoms with E-state index in [-0.39, 0.29) is 0 Å². The van der Waals surface area contributed by atoms with Crippen molar-refractivity contribution in [3.8, 4) is 5.75 Å². The normalized spacial score (nSPS) is 9.73. The first-order chi connectivity index (χ1) is 5.25. The summed E-state index contributed by atoms with van der Waals surface area (Å²) in [7, 11) is 0. The van der Waals surface area contributed by atoms with Crippen LogP contribution < -0.4 is 4.74 Å². The largest absolute Gasteiger partial charge is 0.493 e. The first kappa shape index (κ1) is 8.12. The molecule has 0 amide bonds. The summed E-state index contributed by atoms with van der Waals surface area (Å²) >= 11 is 0. The van der Waals surface area contributed by atoms with Crippen LogP contribution in [0.1, 0.15) is 18.1 Å². The lowest BCUT2D eigenvalue weighted by molar-refractivity contribution is 0.335. The highest BCUT2D eigenvalue weighted by atomic mass is 16.5. The standard InChI is InChI=1S/C10H13O/c1-4-11-10-8(2)6-5-7-9(10)3/h6-7H,4H2,1-3H3. The Labute approximate surface area is 68.0 Å². The van der Waals surface area contributed by atoms with E-state index >= 15 is 0 Å². The van der Waals surface area contributed by atoms with E-state index in [1.54, 1.807) is 0 Å². The molecule has 0 aromatic heterocycles. The highest BCUT2D eigenvalue weighted by Gasteiger charge is 2.00. The molecule has 0 N–H and O–H groups in total. The van der Waals surface area contributed by atoms with Gasteiger partial charge in [-0.25, -0.2) is 0 Å². The first-order valence-corrected chi connectivity index (χ1v) is 3.85. The average molecular weight is 149 g/mol. The number of rotatable bonds is 2. The van der Waals surface area contributed by atoms with E-state index in [2.05, 4.69) is 6.07 Å². The number of hydrogen-bond acceptors (Lipinski definition) is 1. The molecule has 1 nitrogen and oxygen atoms in total. The van der Waals surface area contributed by atoms with Gasteiger partial charge in [0.15, 0.2) is 0 Å². The van der Waals surface area contributed by atoms with Gasteiger partial charge in [0, 0.05) is 0 Å². The summed E-state index contributed by atoms with van der Waals surface area (Å²) in [5.41, 5.74) is 2.32. The Hall–Kier alpha value is -0.980. The molecular formula is C10H13O. The minimum absolute atomic E-state index is 0.728. The maximum atomic E-state index is 5.45. The lowest BCUT2D eigenvalue weighted by Crippen LogP contribution is -1.95. The Morgan fingerprint density at radius 3 is 2.27 bits per heavy atom. The van der Waals surface area contributed by atoms with Gasteiger partial charge in [0.25, 0.3) is 0 Å². The molecule has 0 aliphatic carbocycles. The number of benzene rings is 1. The summed E-state index contributed by atoms with van der Waals surface area (Å²) in [5.74, 6) is 1.01. The van der Waals surface area contributed by atoms with Crippen LogP contribution in [0.4, 0.5) is 0 Å². The van der Waals surface area contributed by atoms with Crippen LogP contribution in [-0.2, 0) is 0 Å². The van der Waals surface area contributed by atoms with Crippen molar-refractivity contribution < 1.29 is 4.74 Å². The molecule has 1 heteroatoms. The van der Waals surface area contributed by atoms with Gasteiger partial charge in [-0.2, -0.15) is 0 Å². The van der Waals surface area contributed by atoms with E-state index in [0.29, 0.717) is 0 Å². The monoisotopic (exact) mass is 149 g/mol.